The molecular formula is C43H79O9P. The Balaban J connectivity index is 2.04. The normalized spacial score (nSPS) is 16.5. The molecule has 1 aliphatic heterocycles. The van der Waals surface area contributed by atoms with Crippen LogP contribution in [0.1, 0.15) is 206 Å². The smallest absolute Gasteiger partial charge is 0.462 e. The number of esters is 2. The van der Waals surface area contributed by atoms with E-state index in [9.17, 15) is 14.2 Å². The van der Waals surface area contributed by atoms with Gasteiger partial charge >= 0.3 is 19.8 Å². The van der Waals surface area contributed by atoms with Crippen molar-refractivity contribution in [3.8, 4) is 0 Å². The summed E-state index contributed by atoms with van der Waals surface area (Å²) in [5.74, 6) is -0.905. The van der Waals surface area contributed by atoms with E-state index >= 15 is 0 Å². The Labute approximate surface area is 324 Å². The molecule has 1 fully saturated rings. The Hall–Kier alpha value is -1.51. The summed E-state index contributed by atoms with van der Waals surface area (Å²) in [6.07, 6.45) is 42.0. The number of carbonyl (C=O) groups is 2. The van der Waals surface area contributed by atoms with Gasteiger partial charge in [-0.15, -0.1) is 0 Å². The lowest BCUT2D eigenvalue weighted by molar-refractivity contribution is -0.161. The lowest BCUT2D eigenvalue weighted by Gasteiger charge is -2.18. The van der Waals surface area contributed by atoms with Gasteiger partial charge in [0.05, 0.1) is 18.8 Å². The highest BCUT2D eigenvalue weighted by molar-refractivity contribution is 7.46. The van der Waals surface area contributed by atoms with Gasteiger partial charge in [-0.2, -0.15) is 0 Å². The molecule has 1 heterocycles. The first-order valence-corrected chi connectivity index (χ1v) is 23.3. The number of hydrogen-bond donors (Lipinski definition) is 2. The largest absolute Gasteiger partial charge is 0.469 e. The van der Waals surface area contributed by atoms with E-state index in [-0.39, 0.29) is 19.4 Å². The van der Waals surface area contributed by atoms with Crippen molar-refractivity contribution in [3.63, 3.8) is 0 Å². The Morgan fingerprint density at radius 1 is 0.585 bits per heavy atom. The van der Waals surface area contributed by atoms with Crippen LogP contribution in [0.2, 0.25) is 0 Å². The lowest BCUT2D eigenvalue weighted by atomic mass is 10.1. The van der Waals surface area contributed by atoms with Crippen molar-refractivity contribution in [2.75, 3.05) is 13.2 Å². The zero-order chi connectivity index (χ0) is 38.7. The average Bonchev–Trinajstić information content (AvgIpc) is 3.88. The molecule has 1 saturated heterocycles. The van der Waals surface area contributed by atoms with E-state index < -0.39 is 32.5 Å². The molecule has 0 amide bonds. The zero-order valence-corrected chi connectivity index (χ0v) is 34.8. The van der Waals surface area contributed by atoms with Crippen molar-refractivity contribution in [1.82, 2.24) is 0 Å². The van der Waals surface area contributed by atoms with Gasteiger partial charge in [0.2, 0.25) is 0 Å². The fourth-order valence-electron chi connectivity index (χ4n) is 6.49. The molecule has 1 rings (SSSR count). The number of epoxide rings is 1. The molecule has 0 saturated carbocycles. The van der Waals surface area contributed by atoms with E-state index in [1.54, 1.807) is 0 Å². The van der Waals surface area contributed by atoms with Gasteiger partial charge in [-0.25, -0.2) is 4.57 Å². The van der Waals surface area contributed by atoms with Crippen LogP contribution >= 0.6 is 7.82 Å². The van der Waals surface area contributed by atoms with Crippen molar-refractivity contribution in [2.45, 2.75) is 225 Å². The molecular weight excluding hydrogens is 691 g/mol. The fraction of sp³-hybridized carbons (Fsp3) is 0.860. The van der Waals surface area contributed by atoms with Crippen LogP contribution in [-0.2, 0) is 32.9 Å². The average molecular weight is 771 g/mol. The molecule has 0 spiro atoms. The Morgan fingerprint density at radius 3 is 1.60 bits per heavy atom. The highest BCUT2D eigenvalue weighted by Gasteiger charge is 2.36. The van der Waals surface area contributed by atoms with Gasteiger partial charge in [0.15, 0.2) is 6.10 Å². The van der Waals surface area contributed by atoms with Gasteiger partial charge in [0.25, 0.3) is 0 Å². The van der Waals surface area contributed by atoms with Gasteiger partial charge in [-0.1, -0.05) is 154 Å². The monoisotopic (exact) mass is 771 g/mol. The molecule has 10 heteroatoms. The van der Waals surface area contributed by atoms with E-state index in [1.165, 1.54) is 103 Å². The van der Waals surface area contributed by atoms with Gasteiger partial charge < -0.3 is 24.0 Å². The predicted molar refractivity (Wildman–Crippen MR) is 216 cm³/mol. The molecule has 1 aliphatic rings. The van der Waals surface area contributed by atoms with Crippen LogP contribution < -0.4 is 0 Å². The van der Waals surface area contributed by atoms with E-state index in [0.29, 0.717) is 25.0 Å². The Morgan fingerprint density at radius 2 is 1.04 bits per heavy atom. The summed E-state index contributed by atoms with van der Waals surface area (Å²) in [6.45, 7) is 3.64. The number of hydrogen-bond acceptors (Lipinski definition) is 7. The quantitative estimate of drug-likeness (QED) is 0.0206. The summed E-state index contributed by atoms with van der Waals surface area (Å²) in [5.41, 5.74) is 0. The molecule has 2 N–H and O–H groups in total. The molecule has 0 aromatic heterocycles. The number of ether oxygens (including phenoxy) is 3. The van der Waals surface area contributed by atoms with Crippen molar-refractivity contribution in [2.24, 2.45) is 0 Å². The lowest BCUT2D eigenvalue weighted by Crippen LogP contribution is -2.29. The van der Waals surface area contributed by atoms with Gasteiger partial charge in [-0.05, 0) is 64.2 Å². The van der Waals surface area contributed by atoms with Crippen LogP contribution in [-0.4, -0.2) is 53.3 Å². The number of unbranched alkanes of at least 4 members (excludes halogenated alkanes) is 22. The van der Waals surface area contributed by atoms with Crippen molar-refractivity contribution >= 4 is 19.8 Å². The second kappa shape index (κ2) is 34.9. The minimum absolute atomic E-state index is 0.205. The maximum Gasteiger partial charge on any atom is 0.469 e. The number of rotatable bonds is 39. The second-order valence-corrected chi connectivity index (χ2v) is 16.3. The highest BCUT2D eigenvalue weighted by Crippen LogP contribution is 2.36. The van der Waals surface area contributed by atoms with Gasteiger partial charge in [-0.3, -0.25) is 14.1 Å². The predicted octanol–water partition coefficient (Wildman–Crippen LogP) is 12.2. The maximum atomic E-state index is 12.4. The molecule has 2 unspecified atom stereocenters. The van der Waals surface area contributed by atoms with Crippen LogP contribution in [0.5, 0.6) is 0 Å². The fourth-order valence-corrected chi connectivity index (χ4v) is 6.85. The van der Waals surface area contributed by atoms with Gasteiger partial charge in [0.1, 0.15) is 6.61 Å². The van der Waals surface area contributed by atoms with Crippen LogP contribution in [0.3, 0.4) is 0 Å². The van der Waals surface area contributed by atoms with Crippen molar-refractivity contribution < 1.29 is 42.7 Å². The molecule has 53 heavy (non-hydrogen) atoms. The topological polar surface area (TPSA) is 132 Å². The summed E-state index contributed by atoms with van der Waals surface area (Å²) in [4.78, 5) is 42.9. The molecule has 0 radical (unpaired) electrons. The minimum atomic E-state index is -4.76. The summed E-state index contributed by atoms with van der Waals surface area (Å²) in [6, 6.07) is 0. The third kappa shape index (κ3) is 34.7. The van der Waals surface area contributed by atoms with E-state index in [2.05, 4.69) is 42.7 Å². The number of phosphoric acid groups is 1. The molecule has 0 aromatic rings. The first kappa shape index (κ1) is 49.5. The molecule has 9 nitrogen and oxygen atoms in total. The summed E-state index contributed by atoms with van der Waals surface area (Å²) in [5, 5.41) is 0. The Bertz CT molecular complexity index is 979. The molecule has 0 bridgehead atoms. The zero-order valence-electron chi connectivity index (χ0n) is 33.9. The number of allylic oxidation sites excluding steroid dienone is 3. The summed E-state index contributed by atoms with van der Waals surface area (Å²) < 4.78 is 32.2. The minimum Gasteiger partial charge on any atom is -0.462 e. The van der Waals surface area contributed by atoms with E-state index in [0.717, 1.165) is 64.2 Å². The van der Waals surface area contributed by atoms with E-state index in [4.69, 9.17) is 24.0 Å². The highest BCUT2D eigenvalue weighted by atomic mass is 31.2. The van der Waals surface area contributed by atoms with Crippen molar-refractivity contribution in [3.05, 3.63) is 24.3 Å². The molecule has 0 aromatic carbocycles. The number of phosphoric ester groups is 1. The first-order chi connectivity index (χ1) is 25.7. The van der Waals surface area contributed by atoms with Crippen LogP contribution in [0.15, 0.2) is 24.3 Å². The second-order valence-electron chi connectivity index (χ2n) is 15.1. The van der Waals surface area contributed by atoms with Crippen LogP contribution in [0.25, 0.3) is 0 Å². The molecule has 3 atom stereocenters. The summed E-state index contributed by atoms with van der Waals surface area (Å²) >= 11 is 0. The van der Waals surface area contributed by atoms with Crippen LogP contribution in [0.4, 0.5) is 0 Å². The van der Waals surface area contributed by atoms with Gasteiger partial charge in [0, 0.05) is 12.8 Å². The third-order valence-corrected chi connectivity index (χ3v) is 10.4. The first-order valence-electron chi connectivity index (χ1n) is 21.8. The standard InChI is InChI=1S/C43H79O9P/c1-3-5-7-9-11-12-13-14-15-16-17-18-19-20-21-22-23-27-32-36-43(45)51-39(38-50-53(46,47)48)37-49-42(44)35-31-28-24-26-30-34-41-40(52-41)33-29-25-10-8-6-4-2/h14-15,25,29,39-41H,3-13,16-24,26-28,30-38H2,1-2H3,(H2,46,47,48)/b15-14-,29-25-/t39-,40?,41?/m1/s1. The molecule has 0 aliphatic carbocycles. The Kier molecular flexibility index (Phi) is 32.6. The third-order valence-electron chi connectivity index (χ3n) is 9.87. The van der Waals surface area contributed by atoms with Crippen LogP contribution in [0, 0.1) is 0 Å². The summed E-state index contributed by atoms with van der Waals surface area (Å²) in [7, 11) is -4.76. The SMILES string of the molecule is CCCCC/C=C\CC1OC1CCCCCCCC(=O)OC[C@H](COP(=O)(O)O)OC(=O)CCCCCCCCCCC/C=C\CCCCCCCC. The van der Waals surface area contributed by atoms with Crippen molar-refractivity contribution in [1.29, 1.82) is 0 Å². The maximum absolute atomic E-state index is 12.4. The van der Waals surface area contributed by atoms with E-state index in [1.807, 2.05) is 0 Å². The molecule has 310 valence electrons. The number of carbonyl (C=O) groups excluding carboxylic acids is 2.